The second-order valence-electron chi connectivity index (χ2n) is 5.78. The molecule has 2 unspecified atom stereocenters. The summed E-state index contributed by atoms with van der Waals surface area (Å²) in [6.07, 6.45) is 5.83. The molecule has 2 rings (SSSR count). The molecule has 4 nitrogen and oxygen atoms in total. The maximum absolute atomic E-state index is 11.6. The van der Waals surface area contributed by atoms with Gasteiger partial charge in [0.2, 0.25) is 5.91 Å². The Balaban J connectivity index is 1.76. The highest BCUT2D eigenvalue weighted by Crippen LogP contribution is 2.29. The van der Waals surface area contributed by atoms with Crippen molar-refractivity contribution < 1.29 is 4.79 Å². The van der Waals surface area contributed by atoms with Crippen molar-refractivity contribution in [2.75, 3.05) is 27.7 Å². The van der Waals surface area contributed by atoms with Crippen LogP contribution in [0.5, 0.6) is 0 Å². The standard InChI is InChI=1S/C13H25N3O/c1-15(2)13(17)6-7-16(3)12-8-10-4-5-11(9-12)14-10/h10-12,14H,4-9H2,1-3H3. The van der Waals surface area contributed by atoms with E-state index in [0.717, 1.165) is 18.6 Å². The zero-order valence-electron chi connectivity index (χ0n) is 11.3. The molecule has 0 aromatic carbocycles. The third-order valence-corrected chi connectivity index (χ3v) is 4.25. The number of nitrogens with one attached hydrogen (secondary N) is 1. The van der Waals surface area contributed by atoms with Gasteiger partial charge in [0, 0.05) is 45.2 Å². The molecule has 2 aliphatic heterocycles. The zero-order valence-corrected chi connectivity index (χ0v) is 11.3. The van der Waals surface area contributed by atoms with E-state index in [9.17, 15) is 4.79 Å². The van der Waals surface area contributed by atoms with Crippen molar-refractivity contribution in [3.8, 4) is 0 Å². The maximum atomic E-state index is 11.6. The first-order valence-electron chi connectivity index (χ1n) is 6.72. The summed E-state index contributed by atoms with van der Waals surface area (Å²) in [6, 6.07) is 2.13. The zero-order chi connectivity index (χ0) is 12.4. The SMILES string of the molecule is CN(C)C(=O)CCN(C)C1CC2CCC(C1)N2. The van der Waals surface area contributed by atoms with Crippen molar-refractivity contribution in [2.45, 2.75) is 50.2 Å². The quantitative estimate of drug-likeness (QED) is 0.783. The van der Waals surface area contributed by atoms with Gasteiger partial charge in [-0.05, 0) is 32.7 Å². The molecule has 98 valence electrons. The Labute approximate surface area is 104 Å². The number of hydrogen-bond donors (Lipinski definition) is 1. The molecule has 2 bridgehead atoms. The molecule has 0 aromatic rings. The molecule has 0 aliphatic carbocycles. The van der Waals surface area contributed by atoms with Crippen LogP contribution in [0.3, 0.4) is 0 Å². The Morgan fingerprint density at radius 3 is 2.29 bits per heavy atom. The molecule has 0 radical (unpaired) electrons. The Morgan fingerprint density at radius 2 is 1.76 bits per heavy atom. The average molecular weight is 239 g/mol. The van der Waals surface area contributed by atoms with E-state index in [4.69, 9.17) is 0 Å². The van der Waals surface area contributed by atoms with E-state index in [1.165, 1.54) is 25.7 Å². The molecular formula is C13H25N3O. The summed E-state index contributed by atoms with van der Waals surface area (Å²) in [4.78, 5) is 15.6. The van der Waals surface area contributed by atoms with Crippen molar-refractivity contribution in [2.24, 2.45) is 0 Å². The van der Waals surface area contributed by atoms with Crippen molar-refractivity contribution >= 4 is 5.91 Å². The van der Waals surface area contributed by atoms with Crippen LogP contribution in [0, 0.1) is 0 Å². The molecule has 2 aliphatic rings. The minimum Gasteiger partial charge on any atom is -0.349 e. The average Bonchev–Trinajstić information content (AvgIpc) is 2.64. The second kappa shape index (κ2) is 5.36. The van der Waals surface area contributed by atoms with Gasteiger partial charge >= 0.3 is 0 Å². The van der Waals surface area contributed by atoms with E-state index in [-0.39, 0.29) is 5.91 Å². The lowest BCUT2D eigenvalue weighted by Gasteiger charge is -2.35. The fourth-order valence-electron chi connectivity index (χ4n) is 3.07. The van der Waals surface area contributed by atoms with Gasteiger partial charge in [0.05, 0.1) is 0 Å². The van der Waals surface area contributed by atoms with Crippen molar-refractivity contribution in [3.05, 3.63) is 0 Å². The van der Waals surface area contributed by atoms with Crippen LogP contribution in [0.25, 0.3) is 0 Å². The fourth-order valence-corrected chi connectivity index (χ4v) is 3.07. The van der Waals surface area contributed by atoms with Gasteiger partial charge < -0.3 is 15.1 Å². The molecule has 1 N–H and O–H groups in total. The van der Waals surface area contributed by atoms with Crippen LogP contribution in [0.2, 0.25) is 0 Å². The van der Waals surface area contributed by atoms with E-state index in [1.54, 1.807) is 4.90 Å². The van der Waals surface area contributed by atoms with Gasteiger partial charge in [0.1, 0.15) is 0 Å². The van der Waals surface area contributed by atoms with Gasteiger partial charge in [0.15, 0.2) is 0 Å². The second-order valence-corrected chi connectivity index (χ2v) is 5.78. The number of fused-ring (bicyclic) bond motifs is 2. The van der Waals surface area contributed by atoms with Crippen LogP contribution in [0.1, 0.15) is 32.1 Å². The molecule has 0 aromatic heterocycles. The van der Waals surface area contributed by atoms with Crippen molar-refractivity contribution in [1.29, 1.82) is 0 Å². The van der Waals surface area contributed by atoms with E-state index in [1.807, 2.05) is 14.1 Å². The monoisotopic (exact) mass is 239 g/mol. The highest BCUT2D eigenvalue weighted by molar-refractivity contribution is 5.75. The predicted molar refractivity (Wildman–Crippen MR) is 68.9 cm³/mol. The first kappa shape index (κ1) is 12.8. The normalized spacial score (nSPS) is 31.9. The van der Waals surface area contributed by atoms with E-state index < -0.39 is 0 Å². The minimum absolute atomic E-state index is 0.230. The molecule has 0 saturated carbocycles. The van der Waals surface area contributed by atoms with Crippen LogP contribution in [-0.2, 0) is 4.79 Å². The minimum atomic E-state index is 0.230. The van der Waals surface area contributed by atoms with Gasteiger partial charge in [-0.15, -0.1) is 0 Å². The number of rotatable bonds is 4. The fraction of sp³-hybridized carbons (Fsp3) is 0.923. The van der Waals surface area contributed by atoms with E-state index in [0.29, 0.717) is 12.5 Å². The summed E-state index contributed by atoms with van der Waals surface area (Å²) < 4.78 is 0. The summed E-state index contributed by atoms with van der Waals surface area (Å²) in [6.45, 7) is 0.890. The molecule has 2 heterocycles. The summed E-state index contributed by atoms with van der Waals surface area (Å²) in [5.74, 6) is 0.230. The van der Waals surface area contributed by atoms with E-state index >= 15 is 0 Å². The highest BCUT2D eigenvalue weighted by atomic mass is 16.2. The molecular weight excluding hydrogens is 214 g/mol. The summed E-state index contributed by atoms with van der Waals surface area (Å²) >= 11 is 0. The maximum Gasteiger partial charge on any atom is 0.223 e. The Kier molecular flexibility index (Phi) is 4.05. The predicted octanol–water partition coefficient (Wildman–Crippen LogP) is 0.679. The van der Waals surface area contributed by atoms with Crippen LogP contribution >= 0.6 is 0 Å². The highest BCUT2D eigenvalue weighted by Gasteiger charge is 2.34. The number of carbonyl (C=O) groups is 1. The van der Waals surface area contributed by atoms with Gasteiger partial charge in [-0.1, -0.05) is 0 Å². The lowest BCUT2D eigenvalue weighted by molar-refractivity contribution is -0.129. The lowest BCUT2D eigenvalue weighted by atomic mass is 9.98. The van der Waals surface area contributed by atoms with Gasteiger partial charge in [-0.2, -0.15) is 0 Å². The van der Waals surface area contributed by atoms with E-state index in [2.05, 4.69) is 17.3 Å². The van der Waals surface area contributed by atoms with Gasteiger partial charge in [-0.25, -0.2) is 0 Å². The third kappa shape index (κ3) is 3.19. The Bertz CT molecular complexity index is 268. The summed E-state index contributed by atoms with van der Waals surface area (Å²) in [5.41, 5.74) is 0. The van der Waals surface area contributed by atoms with Crippen molar-refractivity contribution in [1.82, 2.24) is 15.1 Å². The molecule has 2 atom stereocenters. The number of hydrogen-bond acceptors (Lipinski definition) is 3. The van der Waals surface area contributed by atoms with Gasteiger partial charge in [0.25, 0.3) is 0 Å². The Hall–Kier alpha value is -0.610. The molecule has 2 saturated heterocycles. The number of piperidine rings is 1. The lowest BCUT2D eigenvalue weighted by Crippen LogP contribution is -2.47. The number of amides is 1. The van der Waals surface area contributed by atoms with Crippen LogP contribution in [0.4, 0.5) is 0 Å². The van der Waals surface area contributed by atoms with Crippen LogP contribution in [0.15, 0.2) is 0 Å². The molecule has 2 fully saturated rings. The first-order chi connectivity index (χ1) is 8.06. The van der Waals surface area contributed by atoms with Crippen LogP contribution < -0.4 is 5.32 Å². The smallest absolute Gasteiger partial charge is 0.223 e. The summed E-state index contributed by atoms with van der Waals surface area (Å²) in [7, 11) is 5.82. The third-order valence-electron chi connectivity index (χ3n) is 4.25. The van der Waals surface area contributed by atoms with Crippen LogP contribution in [-0.4, -0.2) is 61.5 Å². The topological polar surface area (TPSA) is 35.6 Å². The molecule has 17 heavy (non-hydrogen) atoms. The Morgan fingerprint density at radius 1 is 1.18 bits per heavy atom. The largest absolute Gasteiger partial charge is 0.349 e. The molecule has 0 spiro atoms. The molecule has 4 heteroatoms. The summed E-state index contributed by atoms with van der Waals surface area (Å²) in [5, 5.41) is 3.66. The number of nitrogens with zero attached hydrogens (tertiary/aromatic N) is 2. The van der Waals surface area contributed by atoms with Gasteiger partial charge in [-0.3, -0.25) is 4.79 Å². The first-order valence-corrected chi connectivity index (χ1v) is 6.72. The number of carbonyl (C=O) groups excluding carboxylic acids is 1. The molecule has 1 amide bonds. The van der Waals surface area contributed by atoms with Crippen molar-refractivity contribution in [3.63, 3.8) is 0 Å².